The first kappa shape index (κ1) is 27.8. The van der Waals surface area contributed by atoms with Crippen LogP contribution in [0.1, 0.15) is 33.9 Å². The number of aliphatic hydroxyl groups is 1. The monoisotopic (exact) mass is 529 g/mol. The van der Waals surface area contributed by atoms with Gasteiger partial charge in [-0.1, -0.05) is 18.2 Å². The second kappa shape index (κ2) is 11.1. The van der Waals surface area contributed by atoms with Gasteiger partial charge in [0.2, 0.25) is 0 Å². The van der Waals surface area contributed by atoms with Gasteiger partial charge < -0.3 is 19.1 Å². The van der Waals surface area contributed by atoms with Crippen LogP contribution >= 0.6 is 7.75 Å². The molecule has 0 saturated carbocycles. The number of aromatic nitrogens is 2. The molecule has 12 nitrogen and oxygen atoms in total. The molecular formula is C22H29FN3O9P. The number of para-hydroxylation sites is 1. The summed E-state index contributed by atoms with van der Waals surface area (Å²) in [5.74, 6) is -0.560. The minimum absolute atomic E-state index is 0.152. The highest BCUT2D eigenvalue weighted by Gasteiger charge is 2.55. The molecule has 1 aliphatic heterocycles. The zero-order chi connectivity index (χ0) is 26.7. The molecule has 1 aromatic heterocycles. The maximum atomic E-state index is 15.4. The van der Waals surface area contributed by atoms with Gasteiger partial charge in [0.1, 0.15) is 24.0 Å². The van der Waals surface area contributed by atoms with E-state index in [4.69, 9.17) is 18.5 Å². The van der Waals surface area contributed by atoms with Crippen molar-refractivity contribution in [3.63, 3.8) is 0 Å². The fourth-order valence-electron chi connectivity index (χ4n) is 3.47. The highest BCUT2D eigenvalue weighted by Crippen LogP contribution is 2.47. The molecule has 14 heteroatoms. The average molecular weight is 529 g/mol. The average Bonchev–Trinajstić information content (AvgIpc) is 3.01. The van der Waals surface area contributed by atoms with Crippen molar-refractivity contribution in [3.05, 3.63) is 63.4 Å². The third-order valence-corrected chi connectivity index (χ3v) is 6.90. The molecule has 36 heavy (non-hydrogen) atoms. The van der Waals surface area contributed by atoms with Gasteiger partial charge in [-0.25, -0.2) is 13.8 Å². The van der Waals surface area contributed by atoms with E-state index in [9.17, 15) is 24.1 Å². The standard InChI is InChI=1S/C22H29FN3O9P/c1-13(2)33-19(29)14(3)25-36(31,35-15-8-6-5-7-9-15)32-12-16-18(28)22(4,23)20(34-16)26-11-10-17(27)24-21(26)30/h5-11,13-14,16,18,20,28H,12H2,1-4H3,(H,25,31)(H,24,27,30)/t14?,16?,18?,20?,22-,36?/m1/s1. The first-order valence-corrected chi connectivity index (χ1v) is 12.7. The molecule has 0 bridgehead atoms. The second-order valence-electron chi connectivity index (χ2n) is 8.67. The SMILES string of the molecule is CC(C)OC(=O)C(C)NP(=O)(OCC1OC(n2ccc(=O)[nH]c2=O)[C@](C)(F)C1O)Oc1ccccc1. The van der Waals surface area contributed by atoms with Crippen molar-refractivity contribution in [3.8, 4) is 5.75 Å². The summed E-state index contributed by atoms with van der Waals surface area (Å²) in [6.07, 6.45) is -4.21. The van der Waals surface area contributed by atoms with E-state index >= 15 is 4.39 Å². The van der Waals surface area contributed by atoms with Gasteiger partial charge in [0, 0.05) is 12.3 Å². The lowest BCUT2D eigenvalue weighted by atomic mass is 9.98. The van der Waals surface area contributed by atoms with Crippen LogP contribution in [-0.2, 0) is 23.4 Å². The summed E-state index contributed by atoms with van der Waals surface area (Å²) in [7, 11) is -4.30. The van der Waals surface area contributed by atoms with E-state index in [-0.39, 0.29) is 5.75 Å². The first-order valence-electron chi connectivity index (χ1n) is 11.1. The van der Waals surface area contributed by atoms with E-state index in [2.05, 4.69) is 5.09 Å². The zero-order valence-corrected chi connectivity index (χ0v) is 21.0. The Hall–Kier alpha value is -2.83. The molecule has 1 saturated heterocycles. The van der Waals surface area contributed by atoms with E-state index < -0.39 is 67.8 Å². The van der Waals surface area contributed by atoms with Gasteiger partial charge in [0.05, 0.1) is 12.7 Å². The lowest BCUT2D eigenvalue weighted by Gasteiger charge is -2.25. The number of benzene rings is 1. The molecule has 0 spiro atoms. The number of carbonyl (C=O) groups is 1. The van der Waals surface area contributed by atoms with Crippen molar-refractivity contribution in [1.29, 1.82) is 0 Å². The Morgan fingerprint density at radius 2 is 1.94 bits per heavy atom. The predicted octanol–water partition coefficient (Wildman–Crippen LogP) is 1.66. The number of hydrogen-bond donors (Lipinski definition) is 3. The van der Waals surface area contributed by atoms with Crippen molar-refractivity contribution < 1.29 is 37.4 Å². The highest BCUT2D eigenvalue weighted by molar-refractivity contribution is 7.52. The molecule has 1 aliphatic rings. The van der Waals surface area contributed by atoms with E-state index in [1.807, 2.05) is 4.98 Å². The summed E-state index contributed by atoms with van der Waals surface area (Å²) in [6.45, 7) is 5.07. The number of carbonyl (C=O) groups excluding carboxylic acids is 1. The van der Waals surface area contributed by atoms with Crippen molar-refractivity contribution in [2.75, 3.05) is 6.61 Å². The molecule has 1 aromatic carbocycles. The minimum atomic E-state index is -4.30. The minimum Gasteiger partial charge on any atom is -0.462 e. The fraction of sp³-hybridized carbons (Fsp3) is 0.500. The number of nitrogens with zero attached hydrogens (tertiary/aromatic N) is 1. The molecule has 2 heterocycles. The number of hydrogen-bond acceptors (Lipinski definition) is 9. The summed E-state index contributed by atoms with van der Waals surface area (Å²) in [4.78, 5) is 37.7. The molecule has 2 aromatic rings. The molecule has 0 amide bonds. The summed E-state index contributed by atoms with van der Waals surface area (Å²) in [6, 6.07) is 7.86. The molecule has 3 rings (SSSR count). The number of ether oxygens (including phenoxy) is 2. The van der Waals surface area contributed by atoms with E-state index in [0.29, 0.717) is 0 Å². The van der Waals surface area contributed by atoms with Crippen LogP contribution in [0, 0.1) is 0 Å². The van der Waals surface area contributed by atoms with E-state index in [0.717, 1.165) is 23.8 Å². The van der Waals surface area contributed by atoms with Crippen LogP contribution in [0.4, 0.5) is 4.39 Å². The van der Waals surface area contributed by atoms with Crippen LogP contribution < -0.4 is 20.9 Å². The number of aliphatic hydroxyl groups excluding tert-OH is 1. The third-order valence-electron chi connectivity index (χ3n) is 5.26. The van der Waals surface area contributed by atoms with Gasteiger partial charge in [-0.3, -0.25) is 23.7 Å². The molecule has 3 N–H and O–H groups in total. The predicted molar refractivity (Wildman–Crippen MR) is 125 cm³/mol. The summed E-state index contributed by atoms with van der Waals surface area (Å²) >= 11 is 0. The Morgan fingerprint density at radius 3 is 2.56 bits per heavy atom. The molecule has 0 aliphatic carbocycles. The highest BCUT2D eigenvalue weighted by atomic mass is 31.2. The topological polar surface area (TPSA) is 158 Å². The van der Waals surface area contributed by atoms with Crippen LogP contribution in [0.2, 0.25) is 0 Å². The Morgan fingerprint density at radius 1 is 1.28 bits per heavy atom. The summed E-state index contributed by atoms with van der Waals surface area (Å²) in [5, 5.41) is 13.0. The van der Waals surface area contributed by atoms with Crippen molar-refractivity contribution in [2.24, 2.45) is 0 Å². The van der Waals surface area contributed by atoms with Crippen LogP contribution in [-0.4, -0.2) is 57.3 Å². The number of esters is 1. The van der Waals surface area contributed by atoms with Crippen molar-refractivity contribution in [1.82, 2.24) is 14.6 Å². The van der Waals surface area contributed by atoms with Gasteiger partial charge in [0.25, 0.3) is 5.56 Å². The van der Waals surface area contributed by atoms with Gasteiger partial charge >= 0.3 is 19.4 Å². The van der Waals surface area contributed by atoms with Crippen LogP contribution in [0.25, 0.3) is 0 Å². The molecule has 6 atom stereocenters. The quantitative estimate of drug-likeness (QED) is 0.305. The van der Waals surface area contributed by atoms with Gasteiger partial charge in [0.15, 0.2) is 11.9 Å². The van der Waals surface area contributed by atoms with Gasteiger partial charge in [-0.05, 0) is 39.8 Å². The van der Waals surface area contributed by atoms with Gasteiger partial charge in [-0.15, -0.1) is 0 Å². The van der Waals surface area contributed by atoms with Crippen LogP contribution in [0.3, 0.4) is 0 Å². The maximum Gasteiger partial charge on any atom is 0.459 e. The zero-order valence-electron chi connectivity index (χ0n) is 20.1. The van der Waals surface area contributed by atoms with Gasteiger partial charge in [-0.2, -0.15) is 5.09 Å². The molecule has 5 unspecified atom stereocenters. The number of halogens is 1. The smallest absolute Gasteiger partial charge is 0.459 e. The molecular weight excluding hydrogens is 500 g/mol. The normalized spacial score (nSPS) is 26.4. The number of rotatable bonds is 10. The summed E-state index contributed by atoms with van der Waals surface area (Å²) in [5.41, 5.74) is -4.12. The molecule has 0 radical (unpaired) electrons. The maximum absolute atomic E-state index is 15.4. The largest absolute Gasteiger partial charge is 0.462 e. The van der Waals surface area contributed by atoms with Crippen LogP contribution in [0.15, 0.2) is 52.2 Å². The Bertz CT molecular complexity index is 1220. The number of aromatic amines is 1. The Balaban J connectivity index is 1.80. The lowest BCUT2D eigenvalue weighted by Crippen LogP contribution is -2.43. The molecule has 1 fully saturated rings. The third kappa shape index (κ3) is 6.48. The Labute approximate surface area is 205 Å². The second-order valence-corrected chi connectivity index (χ2v) is 10.4. The van der Waals surface area contributed by atoms with Crippen molar-refractivity contribution >= 4 is 13.7 Å². The van der Waals surface area contributed by atoms with E-state index in [1.165, 1.54) is 19.1 Å². The number of nitrogens with one attached hydrogen (secondary N) is 2. The fourth-order valence-corrected chi connectivity index (χ4v) is 4.97. The number of H-pyrrole nitrogens is 1. The lowest BCUT2D eigenvalue weighted by molar-refractivity contribution is -0.149. The summed E-state index contributed by atoms with van der Waals surface area (Å²) < 4.78 is 51.4. The first-order chi connectivity index (χ1) is 16.8. The van der Waals surface area contributed by atoms with E-state index in [1.54, 1.807) is 32.0 Å². The molecule has 198 valence electrons. The number of alkyl halides is 1. The van der Waals surface area contributed by atoms with Crippen LogP contribution in [0.5, 0.6) is 5.75 Å². The van der Waals surface area contributed by atoms with Crippen molar-refractivity contribution in [2.45, 2.75) is 63.9 Å². The Kier molecular flexibility index (Phi) is 8.52.